The van der Waals surface area contributed by atoms with Crippen LogP contribution >= 0.6 is 11.8 Å². The van der Waals surface area contributed by atoms with Crippen molar-refractivity contribution >= 4 is 29.7 Å². The molecule has 2 aromatic rings. The van der Waals surface area contributed by atoms with E-state index in [1.165, 1.54) is 5.56 Å². The van der Waals surface area contributed by atoms with Crippen LogP contribution < -0.4 is 5.32 Å². The van der Waals surface area contributed by atoms with E-state index < -0.39 is 0 Å². The van der Waals surface area contributed by atoms with Gasteiger partial charge >= 0.3 is 0 Å². The fourth-order valence-electron chi connectivity index (χ4n) is 4.28. The Hall–Kier alpha value is -2.53. The highest BCUT2D eigenvalue weighted by molar-refractivity contribution is 8.04. The van der Waals surface area contributed by atoms with E-state index in [4.69, 9.17) is 0 Å². The van der Waals surface area contributed by atoms with Crippen molar-refractivity contribution in [2.45, 2.75) is 44.0 Å². The third-order valence-corrected chi connectivity index (χ3v) is 7.52. The molecule has 3 unspecified atom stereocenters. The van der Waals surface area contributed by atoms with Gasteiger partial charge in [-0.2, -0.15) is 0 Å². The summed E-state index contributed by atoms with van der Waals surface area (Å²) in [6.45, 7) is 2.61. The van der Waals surface area contributed by atoms with Crippen molar-refractivity contribution in [3.8, 4) is 0 Å². The SMILES string of the molecule is Cc1ccc(/C=C2\SC3CCC(C(=O)NCc4ccccc4)CC3N(C)C2=O)cc1. The highest BCUT2D eigenvalue weighted by atomic mass is 32.2. The zero-order chi connectivity index (χ0) is 21.1. The minimum atomic E-state index is -0.0339. The summed E-state index contributed by atoms with van der Waals surface area (Å²) in [4.78, 5) is 28.4. The average molecular weight is 421 g/mol. The van der Waals surface area contributed by atoms with Crippen LogP contribution in [0, 0.1) is 12.8 Å². The van der Waals surface area contributed by atoms with Crippen molar-refractivity contribution < 1.29 is 9.59 Å². The number of rotatable bonds is 4. The number of nitrogens with one attached hydrogen (secondary N) is 1. The van der Waals surface area contributed by atoms with Gasteiger partial charge in [0, 0.05) is 30.8 Å². The predicted molar refractivity (Wildman–Crippen MR) is 123 cm³/mol. The van der Waals surface area contributed by atoms with Crippen molar-refractivity contribution in [2.75, 3.05) is 7.05 Å². The zero-order valence-corrected chi connectivity index (χ0v) is 18.3. The van der Waals surface area contributed by atoms with E-state index in [1.54, 1.807) is 11.8 Å². The van der Waals surface area contributed by atoms with E-state index in [1.807, 2.05) is 48.4 Å². The van der Waals surface area contributed by atoms with Crippen LogP contribution in [0.15, 0.2) is 59.5 Å². The minimum Gasteiger partial charge on any atom is -0.352 e. The number of likely N-dealkylation sites (N-methyl/N-ethyl adjacent to an activating group) is 1. The van der Waals surface area contributed by atoms with E-state index >= 15 is 0 Å². The molecule has 3 atom stereocenters. The third-order valence-electron chi connectivity index (χ3n) is 6.12. The van der Waals surface area contributed by atoms with Gasteiger partial charge in [0.1, 0.15) is 0 Å². The molecule has 1 heterocycles. The molecule has 0 radical (unpaired) electrons. The van der Waals surface area contributed by atoms with Gasteiger partial charge in [-0.15, -0.1) is 11.8 Å². The van der Waals surface area contributed by atoms with Crippen molar-refractivity contribution in [3.63, 3.8) is 0 Å². The molecule has 0 bridgehead atoms. The smallest absolute Gasteiger partial charge is 0.260 e. The molecule has 4 nitrogen and oxygen atoms in total. The van der Waals surface area contributed by atoms with Crippen molar-refractivity contribution in [1.29, 1.82) is 0 Å². The molecule has 1 N–H and O–H groups in total. The van der Waals surface area contributed by atoms with Gasteiger partial charge in [-0.1, -0.05) is 60.2 Å². The fourth-order valence-corrected chi connectivity index (χ4v) is 5.76. The molecule has 0 spiro atoms. The first kappa shape index (κ1) is 20.7. The van der Waals surface area contributed by atoms with E-state index in [-0.39, 0.29) is 23.8 Å². The number of nitrogens with zero attached hydrogens (tertiary/aromatic N) is 1. The highest BCUT2D eigenvalue weighted by Gasteiger charge is 2.42. The number of amides is 2. The van der Waals surface area contributed by atoms with Gasteiger partial charge in [0.2, 0.25) is 5.91 Å². The summed E-state index contributed by atoms with van der Waals surface area (Å²) in [5, 5.41) is 3.43. The van der Waals surface area contributed by atoms with E-state index in [9.17, 15) is 9.59 Å². The lowest BCUT2D eigenvalue weighted by Gasteiger charge is -2.44. The molecule has 1 aliphatic carbocycles. The Morgan fingerprint density at radius 2 is 1.87 bits per heavy atom. The van der Waals surface area contributed by atoms with Crippen molar-refractivity contribution in [2.24, 2.45) is 5.92 Å². The zero-order valence-electron chi connectivity index (χ0n) is 17.5. The second-order valence-electron chi connectivity index (χ2n) is 8.27. The number of carbonyl (C=O) groups excluding carboxylic acids is 2. The summed E-state index contributed by atoms with van der Waals surface area (Å²) >= 11 is 1.69. The number of aryl methyl sites for hydroxylation is 1. The summed E-state index contributed by atoms with van der Waals surface area (Å²) in [6.07, 6.45) is 4.55. The third kappa shape index (κ3) is 4.62. The maximum Gasteiger partial charge on any atom is 0.260 e. The Balaban J connectivity index is 1.39. The molecule has 30 heavy (non-hydrogen) atoms. The normalized spacial score (nSPS) is 25.1. The van der Waals surface area contributed by atoms with Crippen molar-refractivity contribution in [3.05, 3.63) is 76.2 Å². The Morgan fingerprint density at radius 3 is 2.60 bits per heavy atom. The van der Waals surface area contributed by atoms with E-state index in [0.29, 0.717) is 11.8 Å². The maximum atomic E-state index is 13.0. The number of carbonyl (C=O) groups is 2. The Bertz CT molecular complexity index is 939. The van der Waals surface area contributed by atoms with Crippen LogP contribution in [-0.2, 0) is 16.1 Å². The van der Waals surface area contributed by atoms with Crippen LogP contribution in [0.4, 0.5) is 0 Å². The molecule has 2 fully saturated rings. The molecule has 1 saturated carbocycles. The van der Waals surface area contributed by atoms with Gasteiger partial charge in [-0.25, -0.2) is 0 Å². The minimum absolute atomic E-state index is 0.0339. The largest absolute Gasteiger partial charge is 0.352 e. The summed E-state index contributed by atoms with van der Waals surface area (Å²) in [6, 6.07) is 18.3. The molecule has 1 saturated heterocycles. The second kappa shape index (κ2) is 9.09. The molecule has 2 aliphatic rings. The Morgan fingerprint density at radius 1 is 1.13 bits per heavy atom. The number of thioether (sulfide) groups is 1. The topological polar surface area (TPSA) is 49.4 Å². The molecule has 4 rings (SSSR count). The van der Waals surface area contributed by atoms with Gasteiger partial charge in [0.15, 0.2) is 0 Å². The van der Waals surface area contributed by atoms with E-state index in [2.05, 4.69) is 36.5 Å². The van der Waals surface area contributed by atoms with Gasteiger partial charge in [-0.05, 0) is 43.4 Å². The van der Waals surface area contributed by atoms with Crippen LogP contribution in [-0.4, -0.2) is 35.1 Å². The summed E-state index contributed by atoms with van der Waals surface area (Å²) < 4.78 is 0. The van der Waals surface area contributed by atoms with Crippen LogP contribution in [0.1, 0.15) is 36.0 Å². The molecular formula is C25H28N2O2S. The van der Waals surface area contributed by atoms with Crippen LogP contribution in [0.2, 0.25) is 0 Å². The Labute approximate surface area is 182 Å². The van der Waals surface area contributed by atoms with Crippen LogP contribution in [0.25, 0.3) is 6.08 Å². The van der Waals surface area contributed by atoms with E-state index in [0.717, 1.165) is 35.3 Å². The first-order chi connectivity index (χ1) is 14.5. The number of hydrogen-bond donors (Lipinski definition) is 1. The van der Waals surface area contributed by atoms with Crippen LogP contribution in [0.3, 0.4) is 0 Å². The van der Waals surface area contributed by atoms with Gasteiger partial charge in [0.25, 0.3) is 5.91 Å². The first-order valence-corrected chi connectivity index (χ1v) is 11.4. The second-order valence-corrected chi connectivity index (χ2v) is 9.55. The first-order valence-electron chi connectivity index (χ1n) is 10.5. The average Bonchev–Trinajstić information content (AvgIpc) is 2.77. The summed E-state index contributed by atoms with van der Waals surface area (Å²) in [7, 11) is 1.88. The van der Waals surface area contributed by atoms with Gasteiger partial charge in [0.05, 0.1) is 4.91 Å². The standard InChI is InChI=1S/C25H28N2O2S/c1-17-8-10-18(11-9-17)14-23-25(29)27(2)21-15-20(12-13-22(21)30-23)24(28)26-16-19-6-4-3-5-7-19/h3-11,14,20-22H,12-13,15-16H2,1-2H3,(H,26,28)/b23-14-. The molecule has 156 valence electrons. The molecule has 1 aliphatic heterocycles. The van der Waals surface area contributed by atoms with Gasteiger partial charge in [-0.3, -0.25) is 9.59 Å². The Kier molecular flexibility index (Phi) is 6.28. The molecular weight excluding hydrogens is 392 g/mol. The monoisotopic (exact) mass is 420 g/mol. The summed E-state index contributed by atoms with van der Waals surface area (Å²) in [5.74, 6) is 0.129. The number of hydrogen-bond acceptors (Lipinski definition) is 3. The quantitative estimate of drug-likeness (QED) is 0.746. The van der Waals surface area contributed by atoms with Crippen molar-refractivity contribution in [1.82, 2.24) is 10.2 Å². The maximum absolute atomic E-state index is 13.0. The van der Waals surface area contributed by atoms with Crippen LogP contribution in [0.5, 0.6) is 0 Å². The summed E-state index contributed by atoms with van der Waals surface area (Å²) in [5.41, 5.74) is 3.36. The lowest BCUT2D eigenvalue weighted by atomic mass is 9.83. The lowest BCUT2D eigenvalue weighted by Crippen LogP contribution is -2.52. The number of benzene rings is 2. The lowest BCUT2D eigenvalue weighted by molar-refractivity contribution is -0.132. The molecule has 2 amide bonds. The fraction of sp³-hybridized carbons (Fsp3) is 0.360. The molecule has 0 aromatic heterocycles. The number of fused-ring (bicyclic) bond motifs is 1. The predicted octanol–water partition coefficient (Wildman–Crippen LogP) is 4.39. The molecule has 2 aromatic carbocycles. The van der Waals surface area contributed by atoms with Gasteiger partial charge < -0.3 is 10.2 Å². The molecule has 5 heteroatoms. The highest BCUT2D eigenvalue weighted by Crippen LogP contribution is 2.43.